The van der Waals surface area contributed by atoms with Gasteiger partial charge in [-0.15, -0.1) is 6.42 Å². The van der Waals surface area contributed by atoms with E-state index in [0.29, 0.717) is 12.8 Å². The molecule has 1 aliphatic carbocycles. The zero-order valence-electron chi connectivity index (χ0n) is 10.0. The van der Waals surface area contributed by atoms with Crippen LogP contribution < -0.4 is 10.6 Å². The first-order valence-electron chi connectivity index (χ1n) is 5.95. The lowest BCUT2D eigenvalue weighted by atomic mass is 9.84. The van der Waals surface area contributed by atoms with Gasteiger partial charge in [0.1, 0.15) is 0 Å². The van der Waals surface area contributed by atoms with Gasteiger partial charge in [0.15, 0.2) is 0 Å². The van der Waals surface area contributed by atoms with Gasteiger partial charge in [0.25, 0.3) is 0 Å². The Hall–Kier alpha value is -1.22. The molecule has 0 aromatic heterocycles. The van der Waals surface area contributed by atoms with Gasteiger partial charge in [-0.05, 0) is 12.8 Å². The fourth-order valence-corrected chi connectivity index (χ4v) is 2.20. The Morgan fingerprint density at radius 3 is 2.61 bits per heavy atom. The van der Waals surface area contributed by atoms with E-state index >= 15 is 0 Å². The number of hydrogen-bond acceptors (Lipinski definition) is 2. The van der Waals surface area contributed by atoms with E-state index in [0.717, 1.165) is 6.42 Å². The van der Waals surface area contributed by atoms with Gasteiger partial charge in [-0.25, -0.2) is 0 Å². The Balaban J connectivity index is 2.47. The highest BCUT2D eigenvalue weighted by Crippen LogP contribution is 2.37. The molecule has 0 bridgehead atoms. The summed E-state index contributed by atoms with van der Waals surface area (Å²) in [6, 6.07) is -0.807. The smallest absolute Gasteiger partial charge is 0.352 e. The van der Waals surface area contributed by atoms with Crippen LogP contribution in [0.4, 0.5) is 13.2 Å². The zero-order valence-corrected chi connectivity index (χ0v) is 10.0. The van der Waals surface area contributed by atoms with E-state index in [-0.39, 0.29) is 19.5 Å². The van der Waals surface area contributed by atoms with Gasteiger partial charge in [-0.3, -0.25) is 10.1 Å². The maximum Gasteiger partial charge on any atom is 0.393 e. The highest BCUT2D eigenvalue weighted by molar-refractivity contribution is 5.78. The topological polar surface area (TPSA) is 41.1 Å². The van der Waals surface area contributed by atoms with Crippen LogP contribution in [-0.4, -0.2) is 31.2 Å². The molecule has 0 radical (unpaired) electrons. The number of terminal acetylenes is 1. The van der Waals surface area contributed by atoms with Crippen molar-refractivity contribution in [3.05, 3.63) is 0 Å². The van der Waals surface area contributed by atoms with Gasteiger partial charge < -0.3 is 5.32 Å². The number of halogens is 3. The molecular weight excluding hydrogens is 245 g/mol. The molecule has 2 N–H and O–H groups in total. The lowest BCUT2D eigenvalue weighted by Crippen LogP contribution is -2.49. The first-order valence-corrected chi connectivity index (χ1v) is 5.95. The minimum Gasteiger partial charge on any atom is -0.352 e. The van der Waals surface area contributed by atoms with Gasteiger partial charge in [0, 0.05) is 6.04 Å². The van der Waals surface area contributed by atoms with Crippen molar-refractivity contribution in [2.24, 2.45) is 5.92 Å². The normalized spacial score (nSPS) is 24.3. The molecule has 0 aromatic carbocycles. The molecule has 0 aliphatic heterocycles. The average molecular weight is 262 g/mol. The molecule has 0 heterocycles. The molecule has 3 nitrogen and oxygen atoms in total. The zero-order chi connectivity index (χ0) is 13.6. The number of carbonyl (C=O) groups excluding carboxylic acids is 1. The molecule has 18 heavy (non-hydrogen) atoms. The second-order valence-electron chi connectivity index (χ2n) is 4.41. The van der Waals surface area contributed by atoms with Crippen molar-refractivity contribution < 1.29 is 18.0 Å². The lowest BCUT2D eigenvalue weighted by Gasteiger charge is -2.33. The molecule has 1 rings (SSSR count). The summed E-state index contributed by atoms with van der Waals surface area (Å²) in [5, 5.41) is 5.09. The van der Waals surface area contributed by atoms with Gasteiger partial charge in [0.05, 0.1) is 19.0 Å². The van der Waals surface area contributed by atoms with E-state index in [2.05, 4.69) is 16.6 Å². The number of amides is 1. The van der Waals surface area contributed by atoms with Gasteiger partial charge in [-0.2, -0.15) is 13.2 Å². The van der Waals surface area contributed by atoms with Crippen molar-refractivity contribution >= 4 is 5.91 Å². The summed E-state index contributed by atoms with van der Waals surface area (Å²) >= 11 is 0. The third kappa shape index (κ3) is 4.57. The SMILES string of the molecule is C#CCNCC(=O)NC1CCCCC1C(F)(F)F. The standard InChI is InChI=1S/C12H17F3N2O/c1-2-7-16-8-11(18)17-10-6-4-3-5-9(10)12(13,14)15/h1,9-10,16H,3-8H2,(H,17,18). The van der Waals surface area contributed by atoms with Crippen molar-refractivity contribution in [3.8, 4) is 12.3 Å². The van der Waals surface area contributed by atoms with Gasteiger partial charge >= 0.3 is 6.18 Å². The van der Waals surface area contributed by atoms with Crippen LogP contribution in [0.5, 0.6) is 0 Å². The van der Waals surface area contributed by atoms with Crippen molar-refractivity contribution in [1.29, 1.82) is 0 Å². The average Bonchev–Trinajstić information content (AvgIpc) is 2.28. The molecule has 2 atom stereocenters. The van der Waals surface area contributed by atoms with E-state index in [9.17, 15) is 18.0 Å². The lowest BCUT2D eigenvalue weighted by molar-refractivity contribution is -0.189. The largest absolute Gasteiger partial charge is 0.393 e. The fourth-order valence-electron chi connectivity index (χ4n) is 2.20. The number of rotatable bonds is 4. The quantitative estimate of drug-likeness (QED) is 0.594. The molecule has 6 heteroatoms. The molecule has 102 valence electrons. The summed E-state index contributed by atoms with van der Waals surface area (Å²) in [7, 11) is 0. The third-order valence-corrected chi connectivity index (χ3v) is 3.05. The summed E-state index contributed by atoms with van der Waals surface area (Å²) in [5.74, 6) is 0.422. The van der Waals surface area contributed by atoms with Crippen LogP contribution in [0.1, 0.15) is 25.7 Å². The van der Waals surface area contributed by atoms with E-state index in [1.54, 1.807) is 0 Å². The number of hydrogen-bond donors (Lipinski definition) is 2. The van der Waals surface area contributed by atoms with E-state index in [4.69, 9.17) is 6.42 Å². The van der Waals surface area contributed by atoms with Crippen LogP contribution in [0.25, 0.3) is 0 Å². The summed E-state index contributed by atoms with van der Waals surface area (Å²) in [6.45, 7) is 0.173. The van der Waals surface area contributed by atoms with Crippen LogP contribution in [0.3, 0.4) is 0 Å². The monoisotopic (exact) mass is 262 g/mol. The molecular formula is C12H17F3N2O. The Labute approximate surface area is 105 Å². The summed E-state index contributed by atoms with van der Waals surface area (Å²) in [6.07, 6.45) is 2.49. The molecule has 0 saturated heterocycles. The first kappa shape index (κ1) is 14.8. The highest BCUT2D eigenvalue weighted by atomic mass is 19.4. The Kier molecular flexibility index (Phi) is 5.48. The van der Waals surface area contributed by atoms with Crippen molar-refractivity contribution in [2.75, 3.05) is 13.1 Å². The maximum absolute atomic E-state index is 12.8. The van der Waals surface area contributed by atoms with E-state index < -0.39 is 24.0 Å². The second-order valence-corrected chi connectivity index (χ2v) is 4.41. The Morgan fingerprint density at radius 1 is 1.33 bits per heavy atom. The number of carbonyl (C=O) groups is 1. The fraction of sp³-hybridized carbons (Fsp3) is 0.750. The molecule has 0 aromatic rings. The molecule has 1 amide bonds. The Morgan fingerprint density at radius 2 is 2.00 bits per heavy atom. The molecule has 1 aliphatic rings. The third-order valence-electron chi connectivity index (χ3n) is 3.05. The first-order chi connectivity index (χ1) is 8.45. The van der Waals surface area contributed by atoms with Crippen molar-refractivity contribution in [1.82, 2.24) is 10.6 Å². The summed E-state index contributed by atoms with van der Waals surface area (Å²) in [5.41, 5.74) is 0. The molecule has 1 saturated carbocycles. The summed E-state index contributed by atoms with van der Waals surface area (Å²) in [4.78, 5) is 11.4. The van der Waals surface area contributed by atoms with E-state index in [1.165, 1.54) is 0 Å². The van der Waals surface area contributed by atoms with Crippen molar-refractivity contribution in [2.45, 2.75) is 37.9 Å². The van der Waals surface area contributed by atoms with Crippen LogP contribution >= 0.6 is 0 Å². The predicted octanol–water partition coefficient (Wildman–Crippen LogP) is 1.45. The minimum atomic E-state index is -4.25. The minimum absolute atomic E-state index is 0.0503. The van der Waals surface area contributed by atoms with Crippen LogP contribution in [0.2, 0.25) is 0 Å². The van der Waals surface area contributed by atoms with E-state index in [1.807, 2.05) is 0 Å². The number of nitrogens with one attached hydrogen (secondary N) is 2. The van der Waals surface area contributed by atoms with Crippen molar-refractivity contribution in [3.63, 3.8) is 0 Å². The molecule has 1 fully saturated rings. The highest BCUT2D eigenvalue weighted by Gasteiger charge is 2.45. The predicted molar refractivity (Wildman–Crippen MR) is 61.6 cm³/mol. The van der Waals surface area contributed by atoms with Crippen LogP contribution in [-0.2, 0) is 4.79 Å². The van der Waals surface area contributed by atoms with Crippen LogP contribution in [0, 0.1) is 18.3 Å². The number of alkyl halides is 3. The Bertz CT molecular complexity index is 322. The second kappa shape index (κ2) is 6.64. The van der Waals surface area contributed by atoms with Crippen LogP contribution in [0.15, 0.2) is 0 Å². The van der Waals surface area contributed by atoms with Gasteiger partial charge in [-0.1, -0.05) is 18.8 Å². The summed E-state index contributed by atoms with van der Waals surface area (Å²) < 4.78 is 38.3. The molecule has 2 unspecified atom stereocenters. The molecule has 0 spiro atoms. The maximum atomic E-state index is 12.8. The van der Waals surface area contributed by atoms with Gasteiger partial charge in [0.2, 0.25) is 5.91 Å².